The van der Waals surface area contributed by atoms with Crippen LogP contribution in [0.2, 0.25) is 10.0 Å². The molecule has 1 aromatic carbocycles. The number of carbonyl (C=O) groups excluding carboxylic acids is 3. The molecule has 0 aromatic heterocycles. The molecule has 1 saturated heterocycles. The molecule has 1 aromatic rings. The van der Waals surface area contributed by atoms with Gasteiger partial charge in [-0.05, 0) is 37.3 Å². The van der Waals surface area contributed by atoms with Crippen molar-refractivity contribution < 1.29 is 34.2 Å². The molecule has 3 amide bonds. The van der Waals surface area contributed by atoms with Crippen molar-refractivity contribution in [2.24, 2.45) is 16.7 Å². The van der Waals surface area contributed by atoms with Crippen LogP contribution in [0.4, 0.5) is 0 Å². The molecular formula is C25H31Cl2N3O7. The summed E-state index contributed by atoms with van der Waals surface area (Å²) < 4.78 is 0. The molecule has 3 N–H and O–H groups in total. The average molecular weight is 556 g/mol. The summed E-state index contributed by atoms with van der Waals surface area (Å²) in [5.74, 6) is -4.49. The van der Waals surface area contributed by atoms with E-state index in [0.29, 0.717) is 6.42 Å². The Balaban J connectivity index is 1.60. The number of halogens is 2. The zero-order chi connectivity index (χ0) is 27.7. The smallest absolute Gasteiger partial charge is 0.326 e. The summed E-state index contributed by atoms with van der Waals surface area (Å²) in [7, 11) is 0. The van der Waals surface area contributed by atoms with Crippen molar-refractivity contribution in [3.05, 3.63) is 33.8 Å². The van der Waals surface area contributed by atoms with Crippen LogP contribution in [0.5, 0.6) is 0 Å². The number of nitrogens with zero attached hydrogens (tertiary/aromatic N) is 2. The SMILES string of the molecule is CC1(C)[C@@H](C(=O)N[C@H](CC(=O)N2CCN(C(=O)c3c(Cl)cccc3Cl)CC2)C(=O)O)CC[C@]1(C)C(=O)O. The molecular weight excluding hydrogens is 525 g/mol. The molecule has 1 aliphatic carbocycles. The molecule has 1 heterocycles. The van der Waals surface area contributed by atoms with E-state index in [0.717, 1.165) is 0 Å². The highest BCUT2D eigenvalue weighted by atomic mass is 35.5. The lowest BCUT2D eigenvalue weighted by molar-refractivity contribution is -0.155. The largest absolute Gasteiger partial charge is 0.481 e. The summed E-state index contributed by atoms with van der Waals surface area (Å²) in [6, 6.07) is 3.30. The number of aliphatic carboxylic acids is 2. The van der Waals surface area contributed by atoms with Crippen LogP contribution >= 0.6 is 23.2 Å². The van der Waals surface area contributed by atoms with Gasteiger partial charge in [-0.3, -0.25) is 19.2 Å². The lowest BCUT2D eigenvalue weighted by atomic mass is 9.65. The van der Waals surface area contributed by atoms with Crippen LogP contribution in [0.1, 0.15) is 50.4 Å². The Morgan fingerprint density at radius 3 is 2.03 bits per heavy atom. The second-order valence-corrected chi connectivity index (χ2v) is 11.1. The van der Waals surface area contributed by atoms with Gasteiger partial charge in [-0.2, -0.15) is 0 Å². The van der Waals surface area contributed by atoms with Crippen molar-refractivity contribution in [3.8, 4) is 0 Å². The number of carbonyl (C=O) groups is 5. The number of benzene rings is 1. The van der Waals surface area contributed by atoms with E-state index in [9.17, 15) is 34.2 Å². The van der Waals surface area contributed by atoms with Gasteiger partial charge in [0.25, 0.3) is 5.91 Å². The van der Waals surface area contributed by atoms with Gasteiger partial charge in [-0.25, -0.2) is 4.79 Å². The Kier molecular flexibility index (Phi) is 8.44. The number of nitrogens with one attached hydrogen (secondary N) is 1. The van der Waals surface area contributed by atoms with E-state index in [-0.39, 0.29) is 54.1 Å². The number of hydrogen-bond acceptors (Lipinski definition) is 5. The van der Waals surface area contributed by atoms with Gasteiger partial charge in [0.05, 0.1) is 27.4 Å². The molecule has 3 rings (SSSR count). The molecule has 10 nitrogen and oxygen atoms in total. The summed E-state index contributed by atoms with van der Waals surface area (Å²) in [6.45, 7) is 5.75. The van der Waals surface area contributed by atoms with E-state index in [1.54, 1.807) is 39.0 Å². The molecule has 1 saturated carbocycles. The van der Waals surface area contributed by atoms with Gasteiger partial charge in [-0.1, -0.05) is 43.1 Å². The van der Waals surface area contributed by atoms with Crippen LogP contribution < -0.4 is 5.32 Å². The maximum absolute atomic E-state index is 13.0. The molecule has 0 spiro atoms. The zero-order valence-electron chi connectivity index (χ0n) is 20.9. The highest BCUT2D eigenvalue weighted by Gasteiger charge is 2.58. The van der Waals surface area contributed by atoms with Gasteiger partial charge in [0.15, 0.2) is 0 Å². The van der Waals surface area contributed by atoms with Gasteiger partial charge < -0.3 is 25.3 Å². The fourth-order valence-corrected chi connectivity index (χ4v) is 5.70. The molecule has 2 fully saturated rings. The number of piperazine rings is 1. The maximum Gasteiger partial charge on any atom is 0.326 e. The van der Waals surface area contributed by atoms with E-state index in [1.807, 2.05) is 0 Å². The Bertz CT molecular complexity index is 1100. The van der Waals surface area contributed by atoms with Crippen LogP contribution in [0.25, 0.3) is 0 Å². The minimum Gasteiger partial charge on any atom is -0.481 e. The van der Waals surface area contributed by atoms with Crippen molar-refractivity contribution in [3.63, 3.8) is 0 Å². The van der Waals surface area contributed by atoms with E-state index in [4.69, 9.17) is 23.2 Å². The molecule has 12 heteroatoms. The summed E-state index contributed by atoms with van der Waals surface area (Å²) in [5.41, 5.74) is -1.86. The lowest BCUT2D eigenvalue weighted by Crippen LogP contribution is -2.53. The predicted molar refractivity (Wildman–Crippen MR) is 135 cm³/mol. The highest BCUT2D eigenvalue weighted by molar-refractivity contribution is 6.39. The minimum atomic E-state index is -1.46. The minimum absolute atomic E-state index is 0.180. The molecule has 0 unspecified atom stereocenters. The second kappa shape index (κ2) is 10.9. The number of carboxylic acid groups (broad SMARTS) is 2. The predicted octanol–water partition coefficient (Wildman–Crippen LogP) is 2.76. The molecule has 2 aliphatic rings. The van der Waals surface area contributed by atoms with E-state index in [1.165, 1.54) is 9.80 Å². The van der Waals surface area contributed by atoms with Gasteiger partial charge in [0.1, 0.15) is 6.04 Å². The molecule has 1 aliphatic heterocycles. The highest BCUT2D eigenvalue weighted by Crippen LogP contribution is 2.56. The number of rotatable bonds is 7. The van der Waals surface area contributed by atoms with Crippen LogP contribution in [0.3, 0.4) is 0 Å². The Labute approximate surface area is 224 Å². The van der Waals surface area contributed by atoms with Crippen LogP contribution in [0, 0.1) is 16.7 Å². The quantitative estimate of drug-likeness (QED) is 0.469. The summed E-state index contributed by atoms with van der Waals surface area (Å²) in [4.78, 5) is 65.4. The third-order valence-electron chi connectivity index (χ3n) is 8.10. The van der Waals surface area contributed by atoms with Crippen molar-refractivity contribution >= 4 is 52.9 Å². The maximum atomic E-state index is 13.0. The van der Waals surface area contributed by atoms with Crippen molar-refractivity contribution in [2.45, 2.75) is 46.1 Å². The first-order valence-electron chi connectivity index (χ1n) is 12.0. The van der Waals surface area contributed by atoms with Gasteiger partial charge in [0, 0.05) is 32.1 Å². The zero-order valence-corrected chi connectivity index (χ0v) is 22.4. The van der Waals surface area contributed by atoms with Crippen molar-refractivity contribution in [1.82, 2.24) is 15.1 Å². The van der Waals surface area contributed by atoms with Crippen LogP contribution in [-0.2, 0) is 19.2 Å². The first-order chi connectivity index (χ1) is 17.2. The monoisotopic (exact) mass is 555 g/mol. The van der Waals surface area contributed by atoms with E-state index in [2.05, 4.69) is 5.32 Å². The van der Waals surface area contributed by atoms with Gasteiger partial charge >= 0.3 is 11.9 Å². The fourth-order valence-electron chi connectivity index (χ4n) is 5.14. The first kappa shape index (κ1) is 28.7. The number of hydrogen-bond donors (Lipinski definition) is 3. The second-order valence-electron chi connectivity index (χ2n) is 10.3. The van der Waals surface area contributed by atoms with Crippen LogP contribution in [-0.4, -0.2) is 81.9 Å². The summed E-state index contributed by atoms with van der Waals surface area (Å²) >= 11 is 12.3. The topological polar surface area (TPSA) is 144 Å². The standard InChI is InChI=1S/C25H31Cl2N3O7/c1-24(2)14(7-8-25(24,3)23(36)37)20(32)28-17(22(34)35)13-18(31)29-9-11-30(12-10-29)21(33)19-15(26)5-4-6-16(19)27/h4-6,14,17H,7-13H2,1-3H3,(H,28,32)(H,34,35)(H,36,37)/t14-,17-,25-/m1/s1. The fraction of sp³-hybridized carbons (Fsp3) is 0.560. The Morgan fingerprint density at radius 1 is 1.00 bits per heavy atom. The molecule has 0 bridgehead atoms. The number of amides is 3. The lowest BCUT2D eigenvalue weighted by Gasteiger charge is -2.38. The third-order valence-corrected chi connectivity index (χ3v) is 8.73. The summed E-state index contributed by atoms with van der Waals surface area (Å²) in [6.07, 6.45) is 0.120. The first-order valence-corrected chi connectivity index (χ1v) is 12.7. The third kappa shape index (κ3) is 5.55. The summed E-state index contributed by atoms with van der Waals surface area (Å²) in [5, 5.41) is 22.2. The van der Waals surface area contributed by atoms with Gasteiger partial charge in [-0.15, -0.1) is 0 Å². The van der Waals surface area contributed by atoms with Crippen molar-refractivity contribution in [1.29, 1.82) is 0 Å². The van der Waals surface area contributed by atoms with E-state index < -0.39 is 53.0 Å². The normalized spacial score (nSPS) is 23.9. The van der Waals surface area contributed by atoms with Crippen molar-refractivity contribution in [2.75, 3.05) is 26.2 Å². The number of carboxylic acids is 2. The van der Waals surface area contributed by atoms with Crippen LogP contribution in [0.15, 0.2) is 18.2 Å². The molecule has 0 radical (unpaired) electrons. The van der Waals surface area contributed by atoms with E-state index >= 15 is 0 Å². The van der Waals surface area contributed by atoms with Gasteiger partial charge in [0.2, 0.25) is 11.8 Å². The Hall–Kier alpha value is -2.85. The molecule has 202 valence electrons. The molecule has 37 heavy (non-hydrogen) atoms. The Morgan fingerprint density at radius 2 is 1.54 bits per heavy atom. The molecule has 3 atom stereocenters. The average Bonchev–Trinajstić information content (AvgIpc) is 3.08.